The number of nitrogens with two attached hydrogens (primary N) is 1. The second-order valence-electron chi connectivity index (χ2n) is 4.26. The summed E-state index contributed by atoms with van der Waals surface area (Å²) in [5.74, 6) is 0.0771. The van der Waals surface area contributed by atoms with Crippen LogP contribution in [0.2, 0.25) is 0 Å². The van der Waals surface area contributed by atoms with Crippen molar-refractivity contribution in [2.75, 3.05) is 12.3 Å². The van der Waals surface area contributed by atoms with E-state index in [9.17, 15) is 4.79 Å². The molecule has 1 aromatic heterocycles. The first-order chi connectivity index (χ1) is 8.74. The molecular formula is C13H13N3OS. The van der Waals surface area contributed by atoms with E-state index in [1.807, 2.05) is 35.2 Å². The monoisotopic (exact) mass is 259 g/mol. The highest BCUT2D eigenvalue weighted by Gasteiger charge is 2.24. The Balaban J connectivity index is 1.82. The predicted molar refractivity (Wildman–Crippen MR) is 71.4 cm³/mol. The molecule has 5 heteroatoms. The van der Waals surface area contributed by atoms with Crippen LogP contribution in [0.5, 0.6) is 0 Å². The lowest BCUT2D eigenvalue weighted by molar-refractivity contribution is 0.0736. The van der Waals surface area contributed by atoms with Crippen LogP contribution in [0.25, 0.3) is 0 Å². The van der Waals surface area contributed by atoms with Crippen molar-refractivity contribution >= 4 is 22.4 Å². The van der Waals surface area contributed by atoms with Crippen molar-refractivity contribution in [2.24, 2.45) is 0 Å². The number of fused-ring (bicyclic) bond motifs is 1. The minimum absolute atomic E-state index is 0.0771. The van der Waals surface area contributed by atoms with Crippen LogP contribution in [0.3, 0.4) is 0 Å². The molecule has 4 nitrogen and oxygen atoms in total. The van der Waals surface area contributed by atoms with Crippen LogP contribution in [0, 0.1) is 0 Å². The molecule has 1 aliphatic rings. The van der Waals surface area contributed by atoms with Crippen molar-refractivity contribution in [2.45, 2.75) is 13.0 Å². The Morgan fingerprint density at radius 3 is 2.89 bits per heavy atom. The second kappa shape index (κ2) is 4.42. The van der Waals surface area contributed by atoms with Crippen molar-refractivity contribution in [1.82, 2.24) is 9.88 Å². The Hall–Kier alpha value is -1.88. The lowest BCUT2D eigenvalue weighted by atomic mass is 10.1. The van der Waals surface area contributed by atoms with Crippen LogP contribution in [-0.4, -0.2) is 22.3 Å². The van der Waals surface area contributed by atoms with E-state index in [1.165, 1.54) is 11.3 Å². The third-order valence-corrected chi connectivity index (χ3v) is 3.97. The molecule has 1 aromatic carbocycles. The molecule has 0 unspecified atom stereocenters. The average molecular weight is 259 g/mol. The summed E-state index contributed by atoms with van der Waals surface area (Å²) in [6, 6.07) is 9.37. The first kappa shape index (κ1) is 11.2. The van der Waals surface area contributed by atoms with Gasteiger partial charge in [0.25, 0.3) is 5.91 Å². The first-order valence-corrected chi connectivity index (χ1v) is 6.64. The Bertz CT molecular complexity index is 579. The van der Waals surface area contributed by atoms with Gasteiger partial charge in [-0.1, -0.05) is 18.2 Å². The van der Waals surface area contributed by atoms with Crippen LogP contribution in [0.4, 0.5) is 5.13 Å². The molecule has 1 amide bonds. The zero-order valence-electron chi connectivity index (χ0n) is 9.80. The number of carbonyl (C=O) groups is 1. The van der Waals surface area contributed by atoms with Crippen LogP contribution in [0.1, 0.15) is 20.9 Å². The molecular weight excluding hydrogens is 246 g/mol. The fraction of sp³-hybridized carbons (Fsp3) is 0.231. The summed E-state index contributed by atoms with van der Waals surface area (Å²) in [6.07, 6.45) is 0.793. The summed E-state index contributed by atoms with van der Waals surface area (Å²) in [5.41, 5.74) is 7.48. The highest BCUT2D eigenvalue weighted by molar-refractivity contribution is 7.15. The van der Waals surface area contributed by atoms with Gasteiger partial charge in [-0.2, -0.15) is 0 Å². The third kappa shape index (κ3) is 1.97. The van der Waals surface area contributed by atoms with Gasteiger partial charge in [-0.25, -0.2) is 4.98 Å². The number of benzene rings is 1. The van der Waals surface area contributed by atoms with Gasteiger partial charge >= 0.3 is 0 Å². The van der Waals surface area contributed by atoms with Crippen molar-refractivity contribution < 1.29 is 4.79 Å². The summed E-state index contributed by atoms with van der Waals surface area (Å²) in [6.45, 7) is 1.34. The highest BCUT2D eigenvalue weighted by Crippen LogP contribution is 2.27. The SMILES string of the molecule is Nc1nc2c(s1)CN(C(=O)c1ccccc1)CC2. The Labute approximate surface area is 109 Å². The smallest absolute Gasteiger partial charge is 0.254 e. The number of aromatic nitrogens is 1. The van der Waals surface area contributed by atoms with Crippen molar-refractivity contribution in [3.05, 3.63) is 46.5 Å². The summed E-state index contributed by atoms with van der Waals surface area (Å²) in [7, 11) is 0. The van der Waals surface area contributed by atoms with Gasteiger partial charge in [-0.05, 0) is 12.1 Å². The van der Waals surface area contributed by atoms with Gasteiger partial charge in [0.05, 0.1) is 12.2 Å². The molecule has 2 N–H and O–H groups in total. The molecule has 0 bridgehead atoms. The number of anilines is 1. The quantitative estimate of drug-likeness (QED) is 0.851. The minimum atomic E-state index is 0.0771. The summed E-state index contributed by atoms with van der Waals surface area (Å²) < 4.78 is 0. The molecule has 3 rings (SSSR count). The van der Waals surface area contributed by atoms with Crippen LogP contribution in [0.15, 0.2) is 30.3 Å². The van der Waals surface area contributed by atoms with Gasteiger partial charge in [-0.3, -0.25) is 4.79 Å². The molecule has 0 fully saturated rings. The number of nitrogens with zero attached hydrogens (tertiary/aromatic N) is 2. The maximum absolute atomic E-state index is 12.3. The lowest BCUT2D eigenvalue weighted by Crippen LogP contribution is -2.35. The summed E-state index contributed by atoms with van der Waals surface area (Å²) >= 11 is 1.48. The molecule has 92 valence electrons. The molecule has 2 heterocycles. The van der Waals surface area contributed by atoms with Crippen LogP contribution in [-0.2, 0) is 13.0 Å². The predicted octanol–water partition coefficient (Wildman–Crippen LogP) is 1.92. The van der Waals surface area contributed by atoms with Crippen molar-refractivity contribution in [3.8, 4) is 0 Å². The molecule has 2 aromatic rings. The van der Waals surface area contributed by atoms with Gasteiger partial charge in [-0.15, -0.1) is 11.3 Å². The first-order valence-electron chi connectivity index (χ1n) is 5.82. The van der Waals surface area contributed by atoms with E-state index in [2.05, 4.69) is 4.98 Å². The molecule has 0 radical (unpaired) electrons. The third-order valence-electron chi connectivity index (χ3n) is 3.06. The molecule has 0 saturated heterocycles. The molecule has 0 spiro atoms. The van der Waals surface area contributed by atoms with Crippen molar-refractivity contribution in [1.29, 1.82) is 0 Å². The minimum Gasteiger partial charge on any atom is -0.375 e. The number of rotatable bonds is 1. The van der Waals surface area contributed by atoms with E-state index < -0.39 is 0 Å². The lowest BCUT2D eigenvalue weighted by Gasteiger charge is -2.26. The van der Waals surface area contributed by atoms with Crippen molar-refractivity contribution in [3.63, 3.8) is 0 Å². The molecule has 0 saturated carbocycles. The standard InChI is InChI=1S/C13H13N3OS/c14-13-15-10-6-7-16(8-11(10)18-13)12(17)9-4-2-1-3-5-9/h1-5H,6-8H2,(H2,14,15). The number of thiazole rings is 1. The number of nitrogen functional groups attached to an aromatic ring is 1. The van der Waals surface area contributed by atoms with Gasteiger partial charge in [0.1, 0.15) is 0 Å². The molecule has 18 heavy (non-hydrogen) atoms. The number of hydrogen-bond donors (Lipinski definition) is 1. The molecule has 1 aliphatic heterocycles. The normalized spacial score (nSPS) is 14.3. The second-order valence-corrected chi connectivity index (χ2v) is 5.38. The number of carbonyl (C=O) groups excluding carboxylic acids is 1. The van der Waals surface area contributed by atoms with Gasteiger partial charge in [0.15, 0.2) is 5.13 Å². The number of amides is 1. The Kier molecular flexibility index (Phi) is 2.76. The molecule has 0 atom stereocenters. The maximum atomic E-state index is 12.3. The fourth-order valence-electron chi connectivity index (χ4n) is 2.15. The Morgan fingerprint density at radius 1 is 1.33 bits per heavy atom. The van der Waals surface area contributed by atoms with E-state index in [0.29, 0.717) is 18.2 Å². The molecule has 0 aliphatic carbocycles. The number of hydrogen-bond acceptors (Lipinski definition) is 4. The topological polar surface area (TPSA) is 59.2 Å². The van der Waals surface area contributed by atoms with Gasteiger partial charge in [0, 0.05) is 23.4 Å². The largest absolute Gasteiger partial charge is 0.375 e. The summed E-state index contributed by atoms with van der Waals surface area (Å²) in [4.78, 5) is 19.5. The van der Waals surface area contributed by atoms with E-state index >= 15 is 0 Å². The van der Waals surface area contributed by atoms with Crippen LogP contribution >= 0.6 is 11.3 Å². The zero-order chi connectivity index (χ0) is 12.5. The van der Waals surface area contributed by atoms with E-state index in [1.54, 1.807) is 0 Å². The van der Waals surface area contributed by atoms with Gasteiger partial charge < -0.3 is 10.6 Å². The average Bonchev–Trinajstić information content (AvgIpc) is 2.78. The van der Waals surface area contributed by atoms with Gasteiger partial charge in [0.2, 0.25) is 0 Å². The maximum Gasteiger partial charge on any atom is 0.254 e. The van der Waals surface area contributed by atoms with E-state index in [0.717, 1.165) is 22.6 Å². The highest BCUT2D eigenvalue weighted by atomic mass is 32.1. The zero-order valence-corrected chi connectivity index (χ0v) is 10.6. The summed E-state index contributed by atoms with van der Waals surface area (Å²) in [5, 5.41) is 0.592. The van der Waals surface area contributed by atoms with E-state index in [4.69, 9.17) is 5.73 Å². The van der Waals surface area contributed by atoms with Crippen LogP contribution < -0.4 is 5.73 Å². The fourth-order valence-corrected chi connectivity index (χ4v) is 3.05. The van der Waals surface area contributed by atoms with E-state index in [-0.39, 0.29) is 5.91 Å². The Morgan fingerprint density at radius 2 is 2.11 bits per heavy atom.